The molecule has 1 aromatic heterocycles. The van der Waals surface area contributed by atoms with Crippen LogP contribution in [0.2, 0.25) is 0 Å². The Morgan fingerprint density at radius 2 is 2.11 bits per heavy atom. The number of carbonyl (C=O) groups is 1. The van der Waals surface area contributed by atoms with Crippen LogP contribution < -0.4 is 5.56 Å². The summed E-state index contributed by atoms with van der Waals surface area (Å²) in [5, 5.41) is 2.15. The standard InChI is InChI=1S/C10H15N3O4S/c1-3-18(16,17)7-5-13(6-7)10(15)8-4-9(14)12(2)11-8/h4,7,11H,3,5-6H2,1-2H3. The van der Waals surface area contributed by atoms with Crippen molar-refractivity contribution in [2.75, 3.05) is 18.8 Å². The molecular formula is C10H15N3O4S. The van der Waals surface area contributed by atoms with Gasteiger partial charge in [0.05, 0.1) is 5.25 Å². The van der Waals surface area contributed by atoms with E-state index in [1.165, 1.54) is 22.7 Å². The molecule has 0 aromatic carbocycles. The molecule has 1 aromatic rings. The number of nitrogens with one attached hydrogen (secondary N) is 1. The van der Waals surface area contributed by atoms with Crippen molar-refractivity contribution in [3.8, 4) is 0 Å². The second kappa shape index (κ2) is 4.27. The Kier molecular flexibility index (Phi) is 3.05. The number of aromatic amines is 1. The molecule has 0 unspecified atom stereocenters. The minimum atomic E-state index is -3.08. The maximum atomic E-state index is 11.9. The Morgan fingerprint density at radius 3 is 2.56 bits per heavy atom. The van der Waals surface area contributed by atoms with Gasteiger partial charge >= 0.3 is 0 Å². The lowest BCUT2D eigenvalue weighted by molar-refractivity contribution is 0.0652. The van der Waals surface area contributed by atoms with Crippen LogP contribution in [0.25, 0.3) is 0 Å². The van der Waals surface area contributed by atoms with E-state index in [0.29, 0.717) is 0 Å². The first-order chi connectivity index (χ1) is 8.35. The molecular weight excluding hydrogens is 258 g/mol. The molecule has 1 amide bonds. The maximum Gasteiger partial charge on any atom is 0.272 e. The van der Waals surface area contributed by atoms with Crippen LogP contribution in [0.3, 0.4) is 0 Å². The molecule has 0 aliphatic carbocycles. The van der Waals surface area contributed by atoms with Gasteiger partial charge in [-0.2, -0.15) is 0 Å². The third-order valence-electron chi connectivity index (χ3n) is 3.16. The normalized spacial score (nSPS) is 16.7. The predicted octanol–water partition coefficient (Wildman–Crippen LogP) is -1.03. The van der Waals surface area contributed by atoms with Crippen molar-refractivity contribution in [1.29, 1.82) is 0 Å². The van der Waals surface area contributed by atoms with Crippen LogP contribution in [-0.4, -0.2) is 53.1 Å². The van der Waals surface area contributed by atoms with Crippen LogP contribution in [0.4, 0.5) is 0 Å². The van der Waals surface area contributed by atoms with Crippen molar-refractivity contribution >= 4 is 15.7 Å². The van der Waals surface area contributed by atoms with Crippen LogP contribution in [0.1, 0.15) is 17.4 Å². The van der Waals surface area contributed by atoms with E-state index < -0.39 is 15.1 Å². The van der Waals surface area contributed by atoms with Gasteiger partial charge in [0.2, 0.25) is 0 Å². The predicted molar refractivity (Wildman–Crippen MR) is 65.2 cm³/mol. The lowest BCUT2D eigenvalue weighted by atomic mass is 10.2. The lowest BCUT2D eigenvalue weighted by Crippen LogP contribution is -2.57. The van der Waals surface area contributed by atoms with Crippen LogP contribution in [0, 0.1) is 0 Å². The number of amides is 1. The second-order valence-corrected chi connectivity index (χ2v) is 6.92. The minimum Gasteiger partial charge on any atom is -0.335 e. The molecule has 2 rings (SSSR count). The Morgan fingerprint density at radius 1 is 1.50 bits per heavy atom. The highest BCUT2D eigenvalue weighted by Crippen LogP contribution is 2.18. The molecule has 100 valence electrons. The van der Waals surface area contributed by atoms with E-state index in [-0.39, 0.29) is 36.0 Å². The van der Waals surface area contributed by atoms with Gasteiger partial charge < -0.3 is 4.90 Å². The van der Waals surface area contributed by atoms with Crippen LogP contribution >= 0.6 is 0 Å². The molecule has 1 aliphatic rings. The number of hydrogen-bond acceptors (Lipinski definition) is 4. The van der Waals surface area contributed by atoms with Gasteiger partial charge in [-0.1, -0.05) is 6.92 Å². The molecule has 8 heteroatoms. The largest absolute Gasteiger partial charge is 0.335 e. The zero-order valence-electron chi connectivity index (χ0n) is 10.2. The average Bonchev–Trinajstić information content (AvgIpc) is 2.56. The summed E-state index contributed by atoms with van der Waals surface area (Å²) in [4.78, 5) is 24.5. The number of aromatic nitrogens is 2. The molecule has 1 N–H and O–H groups in total. The summed E-state index contributed by atoms with van der Waals surface area (Å²) in [6, 6.07) is 1.21. The van der Waals surface area contributed by atoms with Gasteiger partial charge in [-0.15, -0.1) is 0 Å². The van der Waals surface area contributed by atoms with E-state index in [1.54, 1.807) is 6.92 Å². The quantitative estimate of drug-likeness (QED) is 0.762. The van der Waals surface area contributed by atoms with Gasteiger partial charge in [0.1, 0.15) is 5.69 Å². The van der Waals surface area contributed by atoms with E-state index in [4.69, 9.17) is 0 Å². The highest BCUT2D eigenvalue weighted by molar-refractivity contribution is 7.92. The highest BCUT2D eigenvalue weighted by Gasteiger charge is 2.39. The fraction of sp³-hybridized carbons (Fsp3) is 0.600. The summed E-state index contributed by atoms with van der Waals surface area (Å²) in [6.07, 6.45) is 0. The number of hydrogen-bond donors (Lipinski definition) is 1. The number of H-pyrrole nitrogens is 1. The van der Waals surface area contributed by atoms with Crippen LogP contribution in [-0.2, 0) is 16.9 Å². The summed E-state index contributed by atoms with van der Waals surface area (Å²) in [5.41, 5.74) is -0.105. The molecule has 1 aliphatic heterocycles. The monoisotopic (exact) mass is 273 g/mol. The highest BCUT2D eigenvalue weighted by atomic mass is 32.2. The Labute approximate surface area is 104 Å². The Bertz CT molecular complexity index is 622. The minimum absolute atomic E-state index is 0.0852. The number of nitrogens with zero attached hydrogens (tertiary/aromatic N) is 2. The molecule has 0 spiro atoms. The van der Waals surface area contributed by atoms with Gasteiger partial charge in [0.25, 0.3) is 11.5 Å². The summed E-state index contributed by atoms with van der Waals surface area (Å²) >= 11 is 0. The SMILES string of the molecule is CCS(=O)(=O)C1CN(C(=O)c2cc(=O)n(C)[nH]2)C1. The molecule has 0 bridgehead atoms. The topological polar surface area (TPSA) is 92.2 Å². The lowest BCUT2D eigenvalue weighted by Gasteiger charge is -2.38. The molecule has 0 atom stereocenters. The number of rotatable bonds is 3. The summed E-state index contributed by atoms with van der Waals surface area (Å²) in [7, 11) is -1.57. The molecule has 2 heterocycles. The first-order valence-electron chi connectivity index (χ1n) is 5.62. The van der Waals surface area contributed by atoms with Crippen LogP contribution in [0.15, 0.2) is 10.9 Å². The van der Waals surface area contributed by atoms with Gasteiger partial charge in [0, 0.05) is 32.0 Å². The van der Waals surface area contributed by atoms with Crippen molar-refractivity contribution < 1.29 is 13.2 Å². The van der Waals surface area contributed by atoms with Crippen molar-refractivity contribution in [2.45, 2.75) is 12.2 Å². The smallest absolute Gasteiger partial charge is 0.272 e. The molecule has 1 saturated heterocycles. The molecule has 1 fully saturated rings. The number of likely N-dealkylation sites (tertiary alicyclic amines) is 1. The fourth-order valence-corrected chi connectivity index (χ4v) is 3.12. The zero-order chi connectivity index (χ0) is 13.5. The maximum absolute atomic E-state index is 11.9. The Balaban J connectivity index is 2.05. The van der Waals surface area contributed by atoms with E-state index in [2.05, 4.69) is 5.10 Å². The molecule has 0 saturated carbocycles. The number of carbonyl (C=O) groups excluding carboxylic acids is 1. The van der Waals surface area contributed by atoms with Gasteiger partial charge in [-0.05, 0) is 0 Å². The first kappa shape index (κ1) is 12.9. The zero-order valence-corrected chi connectivity index (χ0v) is 11.0. The van der Waals surface area contributed by atoms with Gasteiger partial charge in [-0.3, -0.25) is 19.4 Å². The number of sulfone groups is 1. The summed E-state index contributed by atoms with van der Waals surface area (Å²) < 4.78 is 24.3. The van der Waals surface area contributed by atoms with Gasteiger partial charge in [0.15, 0.2) is 9.84 Å². The molecule has 0 radical (unpaired) electrons. The Hall–Kier alpha value is -1.57. The third kappa shape index (κ3) is 2.07. The van der Waals surface area contributed by atoms with E-state index >= 15 is 0 Å². The van der Waals surface area contributed by atoms with E-state index in [1.807, 2.05) is 0 Å². The summed E-state index contributed by atoms with van der Waals surface area (Å²) in [5.74, 6) is -0.253. The third-order valence-corrected chi connectivity index (χ3v) is 5.28. The first-order valence-corrected chi connectivity index (χ1v) is 7.33. The van der Waals surface area contributed by atoms with Crippen molar-refractivity contribution in [2.24, 2.45) is 7.05 Å². The van der Waals surface area contributed by atoms with E-state index in [9.17, 15) is 18.0 Å². The van der Waals surface area contributed by atoms with Crippen molar-refractivity contribution in [1.82, 2.24) is 14.7 Å². The number of aryl methyl sites for hydroxylation is 1. The molecule has 7 nitrogen and oxygen atoms in total. The summed E-state index contributed by atoms with van der Waals surface area (Å²) in [6.45, 7) is 1.99. The average molecular weight is 273 g/mol. The van der Waals surface area contributed by atoms with Crippen molar-refractivity contribution in [3.05, 3.63) is 22.1 Å². The molecule has 18 heavy (non-hydrogen) atoms. The second-order valence-electron chi connectivity index (χ2n) is 4.35. The van der Waals surface area contributed by atoms with E-state index in [0.717, 1.165) is 0 Å². The fourth-order valence-electron chi connectivity index (χ4n) is 1.84. The van der Waals surface area contributed by atoms with Crippen LogP contribution in [0.5, 0.6) is 0 Å². The van der Waals surface area contributed by atoms with Gasteiger partial charge in [-0.25, -0.2) is 8.42 Å². The van der Waals surface area contributed by atoms with Crippen molar-refractivity contribution in [3.63, 3.8) is 0 Å².